The second kappa shape index (κ2) is 9.90. The lowest BCUT2D eigenvalue weighted by molar-refractivity contribution is -0.133. The predicted octanol–water partition coefficient (Wildman–Crippen LogP) is 5.06. The van der Waals surface area contributed by atoms with Crippen LogP contribution in [-0.4, -0.2) is 53.6 Å². The number of aromatic nitrogens is 2. The minimum atomic E-state index is 0.0403. The van der Waals surface area contributed by atoms with Crippen molar-refractivity contribution in [2.24, 2.45) is 5.92 Å². The van der Waals surface area contributed by atoms with Crippen LogP contribution < -0.4 is 9.64 Å². The van der Waals surface area contributed by atoms with Crippen molar-refractivity contribution in [3.8, 4) is 5.75 Å². The Hall–Kier alpha value is -2.67. The van der Waals surface area contributed by atoms with Gasteiger partial charge >= 0.3 is 0 Å². The molecule has 7 heteroatoms. The van der Waals surface area contributed by atoms with Gasteiger partial charge in [-0.2, -0.15) is 0 Å². The number of thiophene rings is 1. The van der Waals surface area contributed by atoms with E-state index in [1.165, 1.54) is 22.2 Å². The molecule has 1 fully saturated rings. The molecular weight excluding hydrogens is 444 g/mol. The number of rotatable bonds is 6. The monoisotopic (exact) mass is 478 g/mol. The molecule has 1 aliphatic heterocycles. The number of carbonyl (C=O) groups is 1. The molecule has 2 aliphatic rings. The van der Waals surface area contributed by atoms with E-state index in [4.69, 9.17) is 14.7 Å². The van der Waals surface area contributed by atoms with Crippen LogP contribution in [0.2, 0.25) is 0 Å². The van der Waals surface area contributed by atoms with Gasteiger partial charge in [0.15, 0.2) is 6.61 Å². The normalized spacial score (nSPS) is 19.2. The number of ether oxygens (including phenoxy) is 1. The van der Waals surface area contributed by atoms with E-state index >= 15 is 0 Å². The molecule has 0 spiro atoms. The molecule has 0 bridgehead atoms. The van der Waals surface area contributed by atoms with Crippen LogP contribution >= 0.6 is 11.3 Å². The molecule has 0 radical (unpaired) electrons. The maximum atomic E-state index is 12.7. The summed E-state index contributed by atoms with van der Waals surface area (Å²) in [7, 11) is 0. The van der Waals surface area contributed by atoms with Gasteiger partial charge in [0, 0.05) is 37.0 Å². The van der Waals surface area contributed by atoms with E-state index in [1.807, 2.05) is 46.6 Å². The van der Waals surface area contributed by atoms with Crippen LogP contribution in [0.4, 0.5) is 5.82 Å². The van der Waals surface area contributed by atoms with E-state index in [2.05, 4.69) is 25.7 Å². The molecule has 3 heterocycles. The third-order valence-corrected chi connectivity index (χ3v) is 8.39. The maximum Gasteiger partial charge on any atom is 0.260 e. The summed E-state index contributed by atoms with van der Waals surface area (Å²) in [6.07, 6.45) is 4.52. The summed E-state index contributed by atoms with van der Waals surface area (Å²) in [5, 5.41) is 1.27. The van der Waals surface area contributed by atoms with Crippen molar-refractivity contribution >= 4 is 33.3 Å². The first-order chi connectivity index (χ1) is 16.5. The molecule has 2 atom stereocenters. The van der Waals surface area contributed by atoms with Crippen LogP contribution in [0, 0.1) is 5.92 Å². The maximum absolute atomic E-state index is 12.7. The van der Waals surface area contributed by atoms with E-state index in [1.54, 1.807) is 0 Å². The quantitative estimate of drug-likeness (QED) is 0.496. The Morgan fingerprint density at radius 1 is 1.18 bits per heavy atom. The van der Waals surface area contributed by atoms with Crippen molar-refractivity contribution in [1.82, 2.24) is 14.9 Å². The van der Waals surface area contributed by atoms with Gasteiger partial charge in [0.1, 0.15) is 22.2 Å². The van der Waals surface area contributed by atoms with Crippen molar-refractivity contribution in [2.75, 3.05) is 37.7 Å². The number of hydrogen-bond acceptors (Lipinski definition) is 6. The average molecular weight is 479 g/mol. The number of fused-ring (bicyclic) bond motifs is 3. The number of aryl methyl sites for hydroxylation is 1. The fourth-order valence-corrected chi connectivity index (χ4v) is 6.28. The molecule has 1 aliphatic carbocycles. The SMILES string of the molecule is CC[C@H](C)c1nc(N2CCN(C(=O)COc3ccccc3)CC2)c2c3c(sc2n1)C[C@H](C)CC3. The molecule has 6 nitrogen and oxygen atoms in total. The van der Waals surface area contributed by atoms with Gasteiger partial charge in [-0.05, 0) is 49.3 Å². The summed E-state index contributed by atoms with van der Waals surface area (Å²) in [4.78, 5) is 29.8. The largest absolute Gasteiger partial charge is 0.484 e. The fourth-order valence-electron chi connectivity index (χ4n) is 4.89. The second-order valence-corrected chi connectivity index (χ2v) is 10.8. The van der Waals surface area contributed by atoms with E-state index in [0.717, 1.165) is 60.5 Å². The summed E-state index contributed by atoms with van der Waals surface area (Å²) >= 11 is 1.87. The van der Waals surface area contributed by atoms with Gasteiger partial charge in [-0.1, -0.05) is 39.0 Å². The lowest BCUT2D eigenvalue weighted by atomic mass is 9.89. The first kappa shape index (κ1) is 23.1. The molecular formula is C27H34N4O2S. The van der Waals surface area contributed by atoms with E-state index in [0.29, 0.717) is 19.0 Å². The Morgan fingerprint density at radius 2 is 1.94 bits per heavy atom. The summed E-state index contributed by atoms with van der Waals surface area (Å²) in [6.45, 7) is 9.77. The van der Waals surface area contributed by atoms with Gasteiger partial charge in [-0.15, -0.1) is 11.3 Å². The van der Waals surface area contributed by atoms with Gasteiger partial charge in [-0.25, -0.2) is 9.97 Å². The zero-order valence-corrected chi connectivity index (χ0v) is 21.2. The standard InChI is InChI=1S/C27H34N4O2S/c1-4-19(3)25-28-26(24-21-11-10-18(2)16-22(21)34-27(24)29-25)31-14-12-30(13-15-31)23(32)17-33-20-8-6-5-7-9-20/h5-9,18-19H,4,10-17H2,1-3H3/t18-,19+/m1/s1. The molecule has 2 aromatic heterocycles. The summed E-state index contributed by atoms with van der Waals surface area (Å²) in [5.74, 6) is 3.87. The molecule has 0 unspecified atom stereocenters. The van der Waals surface area contributed by atoms with Gasteiger partial charge in [0.05, 0.1) is 5.39 Å². The summed E-state index contributed by atoms with van der Waals surface area (Å²) < 4.78 is 5.68. The Balaban J connectivity index is 1.35. The minimum absolute atomic E-state index is 0.0403. The smallest absolute Gasteiger partial charge is 0.260 e. The molecule has 0 saturated carbocycles. The number of hydrogen-bond donors (Lipinski definition) is 0. The Labute approximate surface area is 206 Å². The topological polar surface area (TPSA) is 58.6 Å². The highest BCUT2D eigenvalue weighted by Gasteiger charge is 2.29. The Kier molecular flexibility index (Phi) is 6.73. The molecule has 1 saturated heterocycles. The average Bonchev–Trinajstić information content (AvgIpc) is 3.24. The first-order valence-electron chi connectivity index (χ1n) is 12.6. The number of piperazine rings is 1. The van der Waals surface area contributed by atoms with E-state index in [-0.39, 0.29) is 12.5 Å². The van der Waals surface area contributed by atoms with Crippen LogP contribution in [-0.2, 0) is 17.6 Å². The van der Waals surface area contributed by atoms with Gasteiger partial charge in [-0.3, -0.25) is 4.79 Å². The molecule has 1 aromatic carbocycles. The summed E-state index contributed by atoms with van der Waals surface area (Å²) in [6, 6.07) is 9.53. The van der Waals surface area contributed by atoms with Crippen molar-refractivity contribution < 1.29 is 9.53 Å². The highest BCUT2D eigenvalue weighted by atomic mass is 32.1. The first-order valence-corrected chi connectivity index (χ1v) is 13.4. The Bertz CT molecular complexity index is 1150. The Morgan fingerprint density at radius 3 is 2.68 bits per heavy atom. The number of benzene rings is 1. The lowest BCUT2D eigenvalue weighted by Crippen LogP contribution is -2.50. The van der Waals surface area contributed by atoms with Crippen molar-refractivity contribution in [2.45, 2.75) is 52.4 Å². The highest BCUT2D eigenvalue weighted by molar-refractivity contribution is 7.19. The number of para-hydroxylation sites is 1. The predicted molar refractivity (Wildman–Crippen MR) is 138 cm³/mol. The zero-order valence-electron chi connectivity index (χ0n) is 20.4. The molecule has 34 heavy (non-hydrogen) atoms. The number of anilines is 1. The van der Waals surface area contributed by atoms with Crippen molar-refractivity contribution in [1.29, 1.82) is 0 Å². The minimum Gasteiger partial charge on any atom is -0.484 e. The molecule has 1 amide bonds. The fraction of sp³-hybridized carbons (Fsp3) is 0.519. The lowest BCUT2D eigenvalue weighted by Gasteiger charge is -2.36. The number of nitrogens with zero attached hydrogens (tertiary/aromatic N) is 4. The summed E-state index contributed by atoms with van der Waals surface area (Å²) in [5.41, 5.74) is 1.47. The van der Waals surface area contributed by atoms with Crippen molar-refractivity contribution in [3.05, 3.63) is 46.6 Å². The van der Waals surface area contributed by atoms with Crippen LogP contribution in [0.15, 0.2) is 30.3 Å². The highest BCUT2D eigenvalue weighted by Crippen LogP contribution is 2.41. The molecule has 3 aromatic rings. The van der Waals surface area contributed by atoms with Gasteiger partial charge < -0.3 is 14.5 Å². The van der Waals surface area contributed by atoms with Crippen LogP contribution in [0.5, 0.6) is 5.75 Å². The van der Waals surface area contributed by atoms with Gasteiger partial charge in [0.25, 0.3) is 5.91 Å². The van der Waals surface area contributed by atoms with E-state index in [9.17, 15) is 4.79 Å². The van der Waals surface area contributed by atoms with Crippen LogP contribution in [0.3, 0.4) is 0 Å². The van der Waals surface area contributed by atoms with Crippen molar-refractivity contribution in [3.63, 3.8) is 0 Å². The molecule has 5 rings (SSSR count). The third kappa shape index (κ3) is 4.63. The van der Waals surface area contributed by atoms with E-state index < -0.39 is 0 Å². The third-order valence-electron chi connectivity index (χ3n) is 7.24. The molecule has 0 N–H and O–H groups in total. The van der Waals surface area contributed by atoms with Crippen LogP contribution in [0.25, 0.3) is 10.2 Å². The second-order valence-electron chi connectivity index (χ2n) is 9.72. The zero-order chi connectivity index (χ0) is 23.7. The molecule has 180 valence electrons. The van der Waals surface area contributed by atoms with Crippen LogP contribution in [0.1, 0.15) is 55.8 Å². The number of amides is 1. The number of carbonyl (C=O) groups excluding carboxylic acids is 1. The van der Waals surface area contributed by atoms with Gasteiger partial charge in [0.2, 0.25) is 0 Å².